The molecule has 2 atom stereocenters. The number of hydrogen-bond donors (Lipinski definition) is 3. The van der Waals surface area contributed by atoms with Crippen LogP contribution in [0.15, 0.2) is 24.3 Å². The average Bonchev–Trinajstić information content (AvgIpc) is 2.54. The third-order valence-corrected chi connectivity index (χ3v) is 5.37. The highest BCUT2D eigenvalue weighted by Gasteiger charge is 2.63. The number of carbonyl (C=O) groups excluding carboxylic acids is 3. The molecule has 1 aromatic rings. The number of benzene rings is 1. The Morgan fingerprint density at radius 3 is 2.57 bits per heavy atom. The number of fused-ring (bicyclic) bond motifs is 4. The first-order valence-corrected chi connectivity index (χ1v) is 7.80. The Hall–Kier alpha value is -2.41. The molecule has 0 bridgehead atoms. The third kappa shape index (κ3) is 1.71. The molecular weight excluding hydrogens is 296 g/mol. The topological polar surface area (TPSA) is 90.5 Å². The van der Waals surface area contributed by atoms with Crippen LogP contribution in [0.4, 0.5) is 10.5 Å². The molecule has 1 spiro atoms. The lowest BCUT2D eigenvalue weighted by Crippen LogP contribution is -2.75. The minimum absolute atomic E-state index is 0.325. The molecule has 0 radical (unpaired) electrons. The molecule has 2 saturated heterocycles. The first-order chi connectivity index (χ1) is 11.1. The van der Waals surface area contributed by atoms with Crippen molar-refractivity contribution in [2.45, 2.75) is 18.9 Å². The molecule has 3 N–H and O–H groups in total. The van der Waals surface area contributed by atoms with Gasteiger partial charge in [-0.25, -0.2) is 4.79 Å². The largest absolute Gasteiger partial charge is 0.364 e. The predicted molar refractivity (Wildman–Crippen MR) is 83.0 cm³/mol. The van der Waals surface area contributed by atoms with Crippen molar-refractivity contribution in [1.29, 1.82) is 0 Å². The number of rotatable bonds is 0. The first kappa shape index (κ1) is 14.2. The van der Waals surface area contributed by atoms with Gasteiger partial charge in [0.05, 0.1) is 6.04 Å². The number of urea groups is 1. The summed E-state index contributed by atoms with van der Waals surface area (Å²) >= 11 is 0. The van der Waals surface area contributed by atoms with E-state index >= 15 is 0 Å². The Morgan fingerprint density at radius 2 is 1.83 bits per heavy atom. The van der Waals surface area contributed by atoms with Crippen LogP contribution in [0.25, 0.3) is 0 Å². The number of imide groups is 2. The first-order valence-electron chi connectivity index (χ1n) is 7.80. The van der Waals surface area contributed by atoms with Crippen molar-refractivity contribution < 1.29 is 14.4 Å². The van der Waals surface area contributed by atoms with Gasteiger partial charge < -0.3 is 10.2 Å². The minimum Gasteiger partial charge on any atom is -0.364 e. The summed E-state index contributed by atoms with van der Waals surface area (Å²) in [7, 11) is 0. The highest BCUT2D eigenvalue weighted by Crippen LogP contribution is 2.50. The van der Waals surface area contributed by atoms with Gasteiger partial charge in [0, 0.05) is 31.2 Å². The minimum atomic E-state index is -1.31. The summed E-state index contributed by atoms with van der Waals surface area (Å²) in [4.78, 5) is 39.3. The summed E-state index contributed by atoms with van der Waals surface area (Å²) in [5, 5.41) is 7.87. The van der Waals surface area contributed by atoms with Gasteiger partial charge in [-0.2, -0.15) is 0 Å². The molecule has 0 aliphatic carbocycles. The van der Waals surface area contributed by atoms with Crippen LogP contribution in [0, 0.1) is 5.41 Å². The molecule has 3 aliphatic rings. The van der Waals surface area contributed by atoms with Crippen LogP contribution in [0.1, 0.15) is 18.4 Å². The van der Waals surface area contributed by atoms with Crippen molar-refractivity contribution in [2.24, 2.45) is 5.41 Å². The number of anilines is 1. The Labute approximate surface area is 133 Å². The van der Waals surface area contributed by atoms with Crippen molar-refractivity contribution in [2.75, 3.05) is 24.5 Å². The summed E-state index contributed by atoms with van der Waals surface area (Å²) in [5.41, 5.74) is 0.718. The van der Waals surface area contributed by atoms with Gasteiger partial charge in [-0.15, -0.1) is 0 Å². The monoisotopic (exact) mass is 314 g/mol. The second-order valence-electron chi connectivity index (χ2n) is 6.30. The van der Waals surface area contributed by atoms with E-state index in [2.05, 4.69) is 20.9 Å². The van der Waals surface area contributed by atoms with Crippen LogP contribution in [-0.4, -0.2) is 43.5 Å². The fourth-order valence-corrected chi connectivity index (χ4v) is 4.29. The number of para-hydroxylation sites is 1. The quantitative estimate of drug-likeness (QED) is 0.584. The Bertz CT molecular complexity index is 697. The maximum atomic E-state index is 12.8. The molecule has 3 aliphatic heterocycles. The Kier molecular flexibility index (Phi) is 2.96. The van der Waals surface area contributed by atoms with Crippen LogP contribution in [0.2, 0.25) is 0 Å². The lowest BCUT2D eigenvalue weighted by atomic mass is 9.62. The fourth-order valence-electron chi connectivity index (χ4n) is 4.29. The number of barbiturate groups is 1. The van der Waals surface area contributed by atoms with E-state index in [1.54, 1.807) is 0 Å². The predicted octanol–water partition coefficient (Wildman–Crippen LogP) is -0.0657. The van der Waals surface area contributed by atoms with Gasteiger partial charge in [-0.05, 0) is 11.6 Å². The van der Waals surface area contributed by atoms with Crippen molar-refractivity contribution in [3.05, 3.63) is 29.8 Å². The van der Waals surface area contributed by atoms with Gasteiger partial charge in [0.2, 0.25) is 11.8 Å². The molecule has 120 valence electrons. The molecule has 23 heavy (non-hydrogen) atoms. The van der Waals surface area contributed by atoms with E-state index in [4.69, 9.17) is 0 Å². The second-order valence-corrected chi connectivity index (χ2v) is 6.30. The smallest absolute Gasteiger partial charge is 0.328 e. The normalized spacial score (nSPS) is 28.7. The maximum Gasteiger partial charge on any atom is 0.328 e. The zero-order valence-corrected chi connectivity index (χ0v) is 12.8. The molecule has 2 fully saturated rings. The Balaban J connectivity index is 1.94. The summed E-state index contributed by atoms with van der Waals surface area (Å²) in [5.74, 6) is -1.34. The lowest BCUT2D eigenvalue weighted by molar-refractivity contribution is -0.148. The van der Waals surface area contributed by atoms with E-state index in [1.807, 2.05) is 31.2 Å². The van der Waals surface area contributed by atoms with Gasteiger partial charge in [-0.1, -0.05) is 25.1 Å². The molecule has 0 aromatic heterocycles. The number of amides is 4. The third-order valence-electron chi connectivity index (χ3n) is 5.37. The van der Waals surface area contributed by atoms with Crippen LogP contribution in [0.3, 0.4) is 0 Å². The molecule has 7 nitrogen and oxygen atoms in total. The lowest BCUT2D eigenvalue weighted by Gasteiger charge is -2.55. The van der Waals surface area contributed by atoms with Crippen molar-refractivity contribution in [3.8, 4) is 0 Å². The van der Waals surface area contributed by atoms with Crippen LogP contribution in [0.5, 0.6) is 0 Å². The van der Waals surface area contributed by atoms with Crippen molar-refractivity contribution in [3.63, 3.8) is 0 Å². The Morgan fingerprint density at radius 1 is 1.13 bits per heavy atom. The van der Waals surface area contributed by atoms with E-state index in [1.165, 1.54) is 0 Å². The number of piperazine rings is 1. The molecular formula is C16H18N4O3. The molecule has 2 unspecified atom stereocenters. The van der Waals surface area contributed by atoms with Gasteiger partial charge in [0.1, 0.15) is 0 Å². The highest BCUT2D eigenvalue weighted by atomic mass is 16.2. The van der Waals surface area contributed by atoms with Crippen LogP contribution in [-0.2, 0) is 9.59 Å². The van der Waals surface area contributed by atoms with Crippen LogP contribution >= 0.6 is 0 Å². The van der Waals surface area contributed by atoms with Gasteiger partial charge in [0.15, 0.2) is 5.41 Å². The van der Waals surface area contributed by atoms with E-state index < -0.39 is 23.3 Å². The molecule has 7 heteroatoms. The zero-order valence-electron chi connectivity index (χ0n) is 12.8. The number of carbonyl (C=O) groups is 3. The summed E-state index contributed by atoms with van der Waals surface area (Å²) in [6.07, 6.45) is 0. The van der Waals surface area contributed by atoms with Crippen molar-refractivity contribution in [1.82, 2.24) is 16.0 Å². The van der Waals surface area contributed by atoms with E-state index in [9.17, 15) is 14.4 Å². The molecule has 4 rings (SSSR count). The van der Waals surface area contributed by atoms with E-state index in [0.29, 0.717) is 13.1 Å². The van der Waals surface area contributed by atoms with Gasteiger partial charge in [-0.3, -0.25) is 20.2 Å². The number of hydrogen-bond acceptors (Lipinski definition) is 5. The van der Waals surface area contributed by atoms with Gasteiger partial charge >= 0.3 is 6.03 Å². The summed E-state index contributed by atoms with van der Waals surface area (Å²) in [6, 6.07) is 6.79. The number of nitrogens with one attached hydrogen (secondary N) is 3. The molecule has 4 amide bonds. The SMILES string of the molecule is CC1c2ccccc2N2CCNCC2C12C(=O)NC(=O)NC2=O. The molecule has 0 saturated carbocycles. The van der Waals surface area contributed by atoms with E-state index in [-0.39, 0.29) is 12.0 Å². The zero-order chi connectivity index (χ0) is 16.2. The van der Waals surface area contributed by atoms with Crippen LogP contribution < -0.4 is 20.9 Å². The average molecular weight is 314 g/mol. The second kappa shape index (κ2) is 4.79. The van der Waals surface area contributed by atoms with E-state index in [0.717, 1.165) is 17.8 Å². The molecule has 1 aromatic carbocycles. The standard InChI is InChI=1S/C16H18N4O3/c1-9-10-4-2-3-5-11(10)20-7-6-17-8-12(20)16(9)13(21)18-15(23)19-14(16)22/h2-5,9,12,17H,6-8H2,1H3,(H2,18,19,21,22,23). The van der Waals surface area contributed by atoms with Gasteiger partial charge in [0.25, 0.3) is 0 Å². The number of nitrogens with zero attached hydrogens (tertiary/aromatic N) is 1. The maximum absolute atomic E-state index is 12.8. The summed E-state index contributed by atoms with van der Waals surface area (Å²) < 4.78 is 0. The summed E-state index contributed by atoms with van der Waals surface area (Å²) in [6.45, 7) is 3.91. The fraction of sp³-hybridized carbons (Fsp3) is 0.438. The van der Waals surface area contributed by atoms with Crippen molar-refractivity contribution >= 4 is 23.5 Å². The highest BCUT2D eigenvalue weighted by molar-refractivity contribution is 6.21. The molecule has 3 heterocycles.